The smallest absolute Gasteiger partial charge is 0.224 e. The molecule has 1 aliphatic rings. The molecule has 116 valence electrons. The number of sulfone groups is 1. The Morgan fingerprint density at radius 2 is 1.90 bits per heavy atom. The van der Waals surface area contributed by atoms with Crippen molar-refractivity contribution in [3.63, 3.8) is 0 Å². The van der Waals surface area contributed by atoms with Gasteiger partial charge in [-0.1, -0.05) is 25.1 Å². The highest BCUT2D eigenvalue weighted by Gasteiger charge is 2.21. The number of hydrogen-bond acceptors (Lipinski definition) is 3. The molecule has 2 atom stereocenters. The van der Waals surface area contributed by atoms with Crippen LogP contribution in [0, 0.1) is 5.92 Å². The normalized spacial score (nSPS) is 17.1. The Morgan fingerprint density at radius 1 is 1.24 bits per heavy atom. The summed E-state index contributed by atoms with van der Waals surface area (Å²) >= 11 is 0. The third kappa shape index (κ3) is 4.30. The second-order valence-corrected chi connectivity index (χ2v) is 8.29. The quantitative estimate of drug-likeness (QED) is 0.905. The molecule has 1 N–H and O–H groups in total. The van der Waals surface area contributed by atoms with Gasteiger partial charge in [-0.15, -0.1) is 0 Å². The van der Waals surface area contributed by atoms with Crippen molar-refractivity contribution in [2.24, 2.45) is 5.92 Å². The van der Waals surface area contributed by atoms with E-state index >= 15 is 0 Å². The molecule has 0 fully saturated rings. The molecule has 21 heavy (non-hydrogen) atoms. The van der Waals surface area contributed by atoms with Crippen molar-refractivity contribution in [2.45, 2.75) is 39.2 Å². The Labute approximate surface area is 126 Å². The van der Waals surface area contributed by atoms with E-state index in [0.29, 0.717) is 0 Å². The summed E-state index contributed by atoms with van der Waals surface area (Å²) in [6.07, 6.45) is 4.60. The van der Waals surface area contributed by atoms with Crippen molar-refractivity contribution in [3.8, 4) is 0 Å². The molecule has 0 spiro atoms. The van der Waals surface area contributed by atoms with Gasteiger partial charge >= 0.3 is 0 Å². The highest BCUT2D eigenvalue weighted by Crippen LogP contribution is 2.25. The molecule has 0 unspecified atom stereocenters. The maximum atomic E-state index is 12.1. The average Bonchev–Trinajstić information content (AvgIpc) is 2.83. The van der Waals surface area contributed by atoms with Crippen LogP contribution in [0.2, 0.25) is 0 Å². The summed E-state index contributed by atoms with van der Waals surface area (Å²) in [4.78, 5) is 12.1. The van der Waals surface area contributed by atoms with E-state index in [4.69, 9.17) is 0 Å². The molecular formula is C16H23NO3S. The molecule has 0 saturated heterocycles. The Balaban J connectivity index is 2.01. The topological polar surface area (TPSA) is 63.2 Å². The summed E-state index contributed by atoms with van der Waals surface area (Å²) in [7, 11) is -3.14. The van der Waals surface area contributed by atoms with Gasteiger partial charge in [0.1, 0.15) is 9.84 Å². The highest BCUT2D eigenvalue weighted by molar-refractivity contribution is 7.90. The lowest BCUT2D eigenvalue weighted by molar-refractivity contribution is -0.124. The van der Waals surface area contributed by atoms with Crippen molar-refractivity contribution in [1.29, 1.82) is 0 Å². The van der Waals surface area contributed by atoms with Gasteiger partial charge in [0, 0.05) is 12.2 Å². The van der Waals surface area contributed by atoms with E-state index in [1.54, 1.807) is 6.92 Å². The van der Waals surface area contributed by atoms with Gasteiger partial charge in [0.25, 0.3) is 0 Å². The SMILES string of the molecule is C[C@H](CS(C)(=O)=O)C(=O)N[C@@H](C)c1ccc2c(c1)CCC2. The minimum Gasteiger partial charge on any atom is -0.349 e. The number of amides is 1. The zero-order valence-corrected chi connectivity index (χ0v) is 13.7. The van der Waals surface area contributed by atoms with Crippen molar-refractivity contribution < 1.29 is 13.2 Å². The van der Waals surface area contributed by atoms with E-state index in [-0.39, 0.29) is 17.7 Å². The van der Waals surface area contributed by atoms with Crippen LogP contribution >= 0.6 is 0 Å². The average molecular weight is 309 g/mol. The van der Waals surface area contributed by atoms with Crippen LogP contribution in [-0.2, 0) is 27.5 Å². The molecule has 4 nitrogen and oxygen atoms in total. The van der Waals surface area contributed by atoms with E-state index in [1.165, 1.54) is 17.5 Å². The second-order valence-electron chi connectivity index (χ2n) is 6.11. The van der Waals surface area contributed by atoms with Crippen LogP contribution in [0.4, 0.5) is 0 Å². The van der Waals surface area contributed by atoms with Crippen LogP contribution in [0.25, 0.3) is 0 Å². The number of carbonyl (C=O) groups excluding carboxylic acids is 1. The highest BCUT2D eigenvalue weighted by atomic mass is 32.2. The molecule has 1 amide bonds. The van der Waals surface area contributed by atoms with Crippen LogP contribution in [0.5, 0.6) is 0 Å². The molecule has 5 heteroatoms. The van der Waals surface area contributed by atoms with E-state index in [2.05, 4.69) is 23.5 Å². The second kappa shape index (κ2) is 6.18. The summed E-state index contributed by atoms with van der Waals surface area (Å²) in [5.74, 6) is -0.860. The van der Waals surface area contributed by atoms with E-state index in [9.17, 15) is 13.2 Å². The fourth-order valence-corrected chi connectivity index (χ4v) is 3.89. The minimum atomic E-state index is -3.14. The number of benzene rings is 1. The molecule has 0 bridgehead atoms. The lowest BCUT2D eigenvalue weighted by atomic mass is 10.0. The third-order valence-electron chi connectivity index (χ3n) is 3.98. The van der Waals surface area contributed by atoms with Gasteiger partial charge in [0.05, 0.1) is 11.8 Å². The van der Waals surface area contributed by atoms with Crippen LogP contribution in [0.15, 0.2) is 18.2 Å². The van der Waals surface area contributed by atoms with Gasteiger partial charge in [-0.3, -0.25) is 4.79 Å². The number of nitrogens with one attached hydrogen (secondary N) is 1. The van der Waals surface area contributed by atoms with Crippen LogP contribution in [0.1, 0.15) is 43.0 Å². The lowest BCUT2D eigenvalue weighted by Gasteiger charge is -2.18. The molecule has 0 aromatic heterocycles. The number of carbonyl (C=O) groups is 1. The molecule has 2 rings (SSSR count). The number of aryl methyl sites for hydroxylation is 2. The number of rotatable bonds is 5. The van der Waals surface area contributed by atoms with Crippen LogP contribution < -0.4 is 5.32 Å². The summed E-state index contributed by atoms with van der Waals surface area (Å²) < 4.78 is 22.5. The fraction of sp³-hybridized carbons (Fsp3) is 0.562. The maximum Gasteiger partial charge on any atom is 0.224 e. The Hall–Kier alpha value is -1.36. The zero-order chi connectivity index (χ0) is 15.6. The van der Waals surface area contributed by atoms with Gasteiger partial charge in [-0.25, -0.2) is 8.42 Å². The Bertz CT molecular complexity index is 637. The maximum absolute atomic E-state index is 12.1. The van der Waals surface area contributed by atoms with E-state index in [1.807, 2.05) is 6.92 Å². The molecule has 0 saturated carbocycles. The summed E-state index contributed by atoms with van der Waals surface area (Å²) in [5.41, 5.74) is 3.86. The Morgan fingerprint density at radius 3 is 2.57 bits per heavy atom. The van der Waals surface area contributed by atoms with Crippen molar-refractivity contribution in [2.75, 3.05) is 12.0 Å². The first-order valence-corrected chi connectivity index (χ1v) is 9.42. The van der Waals surface area contributed by atoms with Gasteiger partial charge in [0.2, 0.25) is 5.91 Å². The predicted octanol–water partition coefficient (Wildman–Crippen LogP) is 2.03. The third-order valence-corrected chi connectivity index (χ3v) is 5.09. The van der Waals surface area contributed by atoms with Crippen LogP contribution in [0.3, 0.4) is 0 Å². The molecule has 1 aromatic carbocycles. The van der Waals surface area contributed by atoms with E-state index in [0.717, 1.165) is 24.7 Å². The monoisotopic (exact) mass is 309 g/mol. The van der Waals surface area contributed by atoms with Crippen LogP contribution in [-0.4, -0.2) is 26.3 Å². The van der Waals surface area contributed by atoms with Crippen molar-refractivity contribution in [3.05, 3.63) is 34.9 Å². The largest absolute Gasteiger partial charge is 0.349 e. The first kappa shape index (κ1) is 16.0. The van der Waals surface area contributed by atoms with Gasteiger partial charge in [0.15, 0.2) is 0 Å². The van der Waals surface area contributed by atoms with Crippen molar-refractivity contribution in [1.82, 2.24) is 5.32 Å². The molecule has 0 heterocycles. The summed E-state index contributed by atoms with van der Waals surface area (Å²) in [6, 6.07) is 6.25. The number of fused-ring (bicyclic) bond motifs is 1. The van der Waals surface area contributed by atoms with Gasteiger partial charge in [-0.05, 0) is 42.9 Å². The Kier molecular flexibility index (Phi) is 4.71. The first-order chi connectivity index (χ1) is 9.76. The molecule has 0 radical (unpaired) electrons. The summed E-state index contributed by atoms with van der Waals surface area (Å²) in [6.45, 7) is 3.58. The molecule has 1 aromatic rings. The summed E-state index contributed by atoms with van der Waals surface area (Å²) in [5, 5.41) is 2.91. The van der Waals surface area contributed by atoms with E-state index < -0.39 is 15.8 Å². The van der Waals surface area contributed by atoms with Gasteiger partial charge < -0.3 is 5.32 Å². The lowest BCUT2D eigenvalue weighted by Crippen LogP contribution is -2.34. The minimum absolute atomic E-state index is 0.106. The van der Waals surface area contributed by atoms with Crippen molar-refractivity contribution >= 4 is 15.7 Å². The van der Waals surface area contributed by atoms with Gasteiger partial charge in [-0.2, -0.15) is 0 Å². The molecule has 1 aliphatic carbocycles. The fourth-order valence-electron chi connectivity index (χ4n) is 2.83. The first-order valence-electron chi connectivity index (χ1n) is 7.36. The standard InChI is InChI=1S/C16H23NO3S/c1-11(10-21(3,19)20)16(18)17-12(2)14-8-7-13-5-4-6-15(13)9-14/h7-9,11-12H,4-6,10H2,1-3H3,(H,17,18)/t11-,12+/m1/s1. The number of hydrogen-bond donors (Lipinski definition) is 1. The molecule has 0 aliphatic heterocycles. The zero-order valence-electron chi connectivity index (χ0n) is 12.8. The molecular weight excluding hydrogens is 286 g/mol. The predicted molar refractivity (Wildman–Crippen MR) is 83.9 cm³/mol.